The molecule has 0 aliphatic carbocycles. The molecule has 0 spiro atoms. The Hall–Kier alpha value is -4.11. The number of anilines is 1. The first kappa shape index (κ1) is 24.2. The van der Waals surface area contributed by atoms with Crippen LogP contribution in [0.25, 0.3) is 28.0 Å². The number of Topliss-reactive ketones (excluding diaryl/α,β-unsaturated/α-hetero) is 1. The first-order chi connectivity index (χ1) is 18.3. The van der Waals surface area contributed by atoms with Crippen LogP contribution in [0.1, 0.15) is 61.5 Å². The molecule has 0 radical (unpaired) electrons. The average molecular weight is 511 g/mol. The Morgan fingerprint density at radius 3 is 2.34 bits per heavy atom. The van der Waals surface area contributed by atoms with Crippen LogP contribution >= 0.6 is 0 Å². The molecule has 4 atom stereocenters. The first-order valence-corrected chi connectivity index (χ1v) is 13.0. The van der Waals surface area contributed by atoms with Crippen LogP contribution in [0.4, 0.5) is 5.82 Å². The molecule has 2 bridgehead atoms. The highest BCUT2D eigenvalue weighted by Gasteiger charge is 2.45. The normalized spacial score (nSPS) is 21.6. The number of carbonyl (C=O) groups excluding carboxylic acids is 2. The van der Waals surface area contributed by atoms with E-state index in [2.05, 4.69) is 10.1 Å². The fourth-order valence-corrected chi connectivity index (χ4v) is 6.20. The largest absolute Gasteiger partial charge is 0.384 e. The van der Waals surface area contributed by atoms with Crippen LogP contribution in [-0.2, 0) is 4.79 Å². The predicted molar refractivity (Wildman–Crippen MR) is 143 cm³/mol. The van der Waals surface area contributed by atoms with Crippen LogP contribution in [0.5, 0.6) is 0 Å². The van der Waals surface area contributed by atoms with Crippen LogP contribution in [-0.4, -0.2) is 59.5 Å². The minimum absolute atomic E-state index is 0.0130. The average Bonchev–Trinajstić information content (AvgIpc) is 3.46. The van der Waals surface area contributed by atoms with Gasteiger partial charge in [-0.15, -0.1) is 0 Å². The van der Waals surface area contributed by atoms with Crippen molar-refractivity contribution in [3.63, 3.8) is 0 Å². The lowest BCUT2D eigenvalue weighted by Gasteiger charge is -2.39. The molecule has 38 heavy (non-hydrogen) atoms. The Labute approximate surface area is 220 Å². The zero-order valence-electron chi connectivity index (χ0n) is 21.4. The van der Waals surface area contributed by atoms with E-state index >= 15 is 0 Å². The molecular weight excluding hydrogens is 480 g/mol. The molecule has 3 N–H and O–H groups in total. The van der Waals surface area contributed by atoms with E-state index in [0.717, 1.165) is 35.2 Å². The fourth-order valence-electron chi connectivity index (χ4n) is 6.20. The van der Waals surface area contributed by atoms with E-state index in [4.69, 9.17) is 10.7 Å². The summed E-state index contributed by atoms with van der Waals surface area (Å²) in [6.45, 7) is 3.01. The summed E-state index contributed by atoms with van der Waals surface area (Å²) < 4.78 is 1.53. The summed E-state index contributed by atoms with van der Waals surface area (Å²) in [6, 6.07) is 13.9. The van der Waals surface area contributed by atoms with Gasteiger partial charge in [-0.2, -0.15) is 9.61 Å². The van der Waals surface area contributed by atoms with E-state index < -0.39 is 6.10 Å². The number of nitrogens with zero attached hydrogens (tertiary/aromatic N) is 5. The SMILES string of the molecule is CC(=O)c1c([C@H]2C[C@H]3CC[C@@H](C2)N3C(=O)[C@@H](C)O)nc2c(-c3ccc(-c4ccccc4)nc3)cnn2c1N. The third kappa shape index (κ3) is 3.94. The fraction of sp³-hybridized carbons (Fsp3) is 0.345. The van der Waals surface area contributed by atoms with Crippen LogP contribution in [0.15, 0.2) is 54.9 Å². The maximum Gasteiger partial charge on any atom is 0.251 e. The lowest BCUT2D eigenvalue weighted by molar-refractivity contribution is -0.144. The summed E-state index contributed by atoms with van der Waals surface area (Å²) in [5, 5.41) is 14.4. The van der Waals surface area contributed by atoms with Crippen LogP contribution in [0.2, 0.25) is 0 Å². The number of pyridine rings is 1. The number of ketones is 1. The number of amides is 1. The smallest absolute Gasteiger partial charge is 0.251 e. The van der Waals surface area contributed by atoms with Gasteiger partial charge in [-0.25, -0.2) is 4.98 Å². The molecule has 1 amide bonds. The summed E-state index contributed by atoms with van der Waals surface area (Å²) in [4.78, 5) is 37.0. The van der Waals surface area contributed by atoms with E-state index in [1.807, 2.05) is 47.4 Å². The Morgan fingerprint density at radius 1 is 1.03 bits per heavy atom. The molecule has 6 rings (SSSR count). The molecule has 194 valence electrons. The molecule has 2 saturated heterocycles. The number of aromatic nitrogens is 4. The summed E-state index contributed by atoms with van der Waals surface area (Å²) in [5.74, 6) is -0.145. The monoisotopic (exact) mass is 510 g/mol. The van der Waals surface area contributed by atoms with E-state index in [0.29, 0.717) is 29.7 Å². The van der Waals surface area contributed by atoms with Crippen molar-refractivity contribution in [1.82, 2.24) is 24.5 Å². The van der Waals surface area contributed by atoms with Crippen LogP contribution in [0.3, 0.4) is 0 Å². The minimum atomic E-state index is -1.02. The number of benzene rings is 1. The summed E-state index contributed by atoms with van der Waals surface area (Å²) in [6.07, 6.45) is 5.59. The van der Waals surface area contributed by atoms with Crippen LogP contribution < -0.4 is 5.73 Å². The van der Waals surface area contributed by atoms with Crippen molar-refractivity contribution in [2.75, 3.05) is 5.73 Å². The minimum Gasteiger partial charge on any atom is -0.384 e. The lowest BCUT2D eigenvalue weighted by Crippen LogP contribution is -2.49. The van der Waals surface area contributed by atoms with Gasteiger partial charge in [0.2, 0.25) is 0 Å². The van der Waals surface area contributed by atoms with Crippen molar-refractivity contribution in [3.8, 4) is 22.4 Å². The van der Waals surface area contributed by atoms with Crippen molar-refractivity contribution in [2.24, 2.45) is 0 Å². The van der Waals surface area contributed by atoms with Crippen molar-refractivity contribution < 1.29 is 14.7 Å². The topological polar surface area (TPSA) is 127 Å². The molecule has 1 aromatic carbocycles. The second-order valence-electron chi connectivity index (χ2n) is 10.4. The number of aliphatic hydroxyl groups is 1. The molecule has 2 fully saturated rings. The van der Waals surface area contributed by atoms with E-state index in [-0.39, 0.29) is 35.5 Å². The Bertz CT molecular complexity index is 1520. The number of fused-ring (bicyclic) bond motifs is 3. The second kappa shape index (κ2) is 9.33. The third-order valence-electron chi connectivity index (χ3n) is 7.94. The van der Waals surface area contributed by atoms with Gasteiger partial charge in [0, 0.05) is 40.9 Å². The Balaban J connectivity index is 1.40. The number of carbonyl (C=O) groups is 2. The molecule has 3 aromatic heterocycles. The number of nitrogens with two attached hydrogens (primary N) is 1. The Morgan fingerprint density at radius 2 is 1.74 bits per heavy atom. The van der Waals surface area contributed by atoms with Crippen molar-refractivity contribution in [1.29, 1.82) is 0 Å². The number of aliphatic hydroxyl groups excluding tert-OH is 1. The van der Waals surface area contributed by atoms with Gasteiger partial charge < -0.3 is 15.7 Å². The van der Waals surface area contributed by atoms with Gasteiger partial charge in [0.25, 0.3) is 5.91 Å². The Kier molecular flexibility index (Phi) is 5.95. The number of piperidine rings is 1. The highest BCUT2D eigenvalue weighted by molar-refractivity contribution is 6.00. The van der Waals surface area contributed by atoms with Crippen LogP contribution in [0, 0.1) is 0 Å². The van der Waals surface area contributed by atoms with E-state index in [9.17, 15) is 14.7 Å². The molecule has 0 unspecified atom stereocenters. The zero-order valence-corrected chi connectivity index (χ0v) is 21.4. The number of rotatable bonds is 5. The molecule has 2 aliphatic heterocycles. The van der Waals surface area contributed by atoms with Gasteiger partial charge in [-0.05, 0) is 45.6 Å². The van der Waals surface area contributed by atoms with Crippen molar-refractivity contribution in [2.45, 2.75) is 63.6 Å². The van der Waals surface area contributed by atoms with Crippen molar-refractivity contribution in [3.05, 3.63) is 66.1 Å². The second-order valence-corrected chi connectivity index (χ2v) is 10.4. The van der Waals surface area contributed by atoms with Gasteiger partial charge in [0.15, 0.2) is 11.4 Å². The zero-order chi connectivity index (χ0) is 26.6. The maximum atomic E-state index is 12.8. The molecule has 4 aromatic rings. The highest BCUT2D eigenvalue weighted by Crippen LogP contribution is 2.44. The number of hydrogen-bond acceptors (Lipinski definition) is 7. The standard InChI is InChI=1S/C29H30N6O3/c1-16(36)25-26(20-12-21-9-10-22(13-20)34(21)29(38)17(2)37)33-28-23(15-32-35(28)27(25)30)19-8-11-24(31-14-19)18-6-4-3-5-7-18/h3-8,11,14-15,17,20-22,37H,9-10,12-13,30H2,1-2H3/t17-,20-,21+,22-/m1/s1. The van der Waals surface area contributed by atoms with Gasteiger partial charge in [-0.3, -0.25) is 14.6 Å². The summed E-state index contributed by atoms with van der Waals surface area (Å²) in [5.41, 5.74) is 11.7. The van der Waals surface area contributed by atoms with E-state index in [1.165, 1.54) is 18.4 Å². The summed E-state index contributed by atoms with van der Waals surface area (Å²) in [7, 11) is 0. The highest BCUT2D eigenvalue weighted by atomic mass is 16.3. The van der Waals surface area contributed by atoms with Crippen molar-refractivity contribution >= 4 is 23.2 Å². The van der Waals surface area contributed by atoms with Gasteiger partial charge in [-0.1, -0.05) is 36.4 Å². The lowest BCUT2D eigenvalue weighted by atomic mass is 9.85. The summed E-state index contributed by atoms with van der Waals surface area (Å²) >= 11 is 0. The molecular formula is C29H30N6O3. The van der Waals surface area contributed by atoms with Gasteiger partial charge in [0.1, 0.15) is 11.9 Å². The third-order valence-corrected chi connectivity index (χ3v) is 7.94. The quantitative estimate of drug-likeness (QED) is 0.390. The predicted octanol–water partition coefficient (Wildman–Crippen LogP) is 3.86. The van der Waals surface area contributed by atoms with Gasteiger partial charge in [0.05, 0.1) is 23.1 Å². The molecule has 9 nitrogen and oxygen atoms in total. The molecule has 2 aliphatic rings. The first-order valence-electron chi connectivity index (χ1n) is 13.0. The maximum absolute atomic E-state index is 12.8. The van der Waals surface area contributed by atoms with E-state index in [1.54, 1.807) is 12.4 Å². The van der Waals surface area contributed by atoms with Gasteiger partial charge >= 0.3 is 0 Å². The number of nitrogen functional groups attached to an aromatic ring is 1. The molecule has 5 heterocycles. The molecule has 0 saturated carbocycles. The number of hydrogen-bond donors (Lipinski definition) is 2. The molecule has 9 heteroatoms.